The van der Waals surface area contributed by atoms with Crippen LogP contribution in [-0.2, 0) is 4.74 Å². The van der Waals surface area contributed by atoms with Crippen molar-refractivity contribution in [3.8, 4) is 5.88 Å². The molecule has 1 rings (SSSR count). The summed E-state index contributed by atoms with van der Waals surface area (Å²) in [5.74, 6) is -0.323. The summed E-state index contributed by atoms with van der Waals surface area (Å²) in [6.07, 6.45) is 1.31. The van der Waals surface area contributed by atoms with E-state index < -0.39 is 11.6 Å². The van der Waals surface area contributed by atoms with Crippen molar-refractivity contribution in [2.24, 2.45) is 0 Å². The molecule has 0 amide bonds. The molecule has 1 heterocycles. The van der Waals surface area contributed by atoms with Crippen molar-refractivity contribution in [2.45, 2.75) is 33.3 Å². The lowest BCUT2D eigenvalue weighted by Crippen LogP contribution is -2.24. The lowest BCUT2D eigenvalue weighted by atomic mass is 10.2. The van der Waals surface area contributed by atoms with Crippen molar-refractivity contribution in [3.05, 3.63) is 11.8 Å². The van der Waals surface area contributed by atoms with Crippen molar-refractivity contribution in [3.63, 3.8) is 0 Å². The van der Waals surface area contributed by atoms with Crippen LogP contribution in [0.1, 0.15) is 38.1 Å². The fourth-order valence-electron chi connectivity index (χ4n) is 1.10. The highest BCUT2D eigenvalue weighted by molar-refractivity contribution is 5.91. The van der Waals surface area contributed by atoms with Gasteiger partial charge in [0.2, 0.25) is 11.8 Å². The van der Waals surface area contributed by atoms with Gasteiger partial charge in [-0.3, -0.25) is 0 Å². The summed E-state index contributed by atoms with van der Waals surface area (Å²) in [5, 5.41) is 0. The Kier molecular flexibility index (Phi) is 3.88. The van der Waals surface area contributed by atoms with Gasteiger partial charge < -0.3 is 15.2 Å². The summed E-state index contributed by atoms with van der Waals surface area (Å²) in [5.41, 5.74) is 5.03. The number of carbonyl (C=O) groups excluding carboxylic acids is 1. The third-order valence-corrected chi connectivity index (χ3v) is 1.67. The quantitative estimate of drug-likeness (QED) is 0.802. The van der Waals surface area contributed by atoms with Crippen molar-refractivity contribution in [2.75, 3.05) is 12.3 Å². The molecule has 0 aliphatic rings. The van der Waals surface area contributed by atoms with Gasteiger partial charge in [-0.05, 0) is 27.7 Å². The van der Waals surface area contributed by atoms with E-state index in [-0.39, 0.29) is 17.4 Å². The third kappa shape index (κ3) is 3.90. The number of nitrogen functional groups attached to an aromatic ring is 1. The van der Waals surface area contributed by atoms with Crippen LogP contribution in [0.3, 0.4) is 0 Å². The van der Waals surface area contributed by atoms with Crippen LogP contribution in [0.25, 0.3) is 0 Å². The lowest BCUT2D eigenvalue weighted by molar-refractivity contribution is 0.00647. The molecule has 17 heavy (non-hydrogen) atoms. The third-order valence-electron chi connectivity index (χ3n) is 1.67. The van der Waals surface area contributed by atoms with Crippen LogP contribution in [0.2, 0.25) is 0 Å². The van der Waals surface area contributed by atoms with E-state index in [1.165, 1.54) is 6.20 Å². The molecular weight excluding hydrogens is 222 g/mol. The Morgan fingerprint density at radius 2 is 2.12 bits per heavy atom. The molecule has 0 spiro atoms. The first-order chi connectivity index (χ1) is 7.83. The highest BCUT2D eigenvalue weighted by atomic mass is 16.6. The zero-order valence-corrected chi connectivity index (χ0v) is 10.5. The summed E-state index contributed by atoms with van der Waals surface area (Å²) >= 11 is 0. The van der Waals surface area contributed by atoms with Gasteiger partial charge in [-0.15, -0.1) is 0 Å². The highest BCUT2D eigenvalue weighted by Crippen LogP contribution is 2.19. The van der Waals surface area contributed by atoms with Crippen molar-refractivity contribution in [1.82, 2.24) is 9.97 Å². The van der Waals surface area contributed by atoms with Crippen LogP contribution in [0.5, 0.6) is 5.88 Å². The molecule has 0 aliphatic heterocycles. The first-order valence-corrected chi connectivity index (χ1v) is 5.32. The Morgan fingerprint density at radius 1 is 1.47 bits per heavy atom. The van der Waals surface area contributed by atoms with Gasteiger partial charge in [0, 0.05) is 0 Å². The highest BCUT2D eigenvalue weighted by Gasteiger charge is 2.22. The Bertz CT molecular complexity index is 413. The van der Waals surface area contributed by atoms with Crippen molar-refractivity contribution >= 4 is 11.9 Å². The van der Waals surface area contributed by atoms with Crippen LogP contribution < -0.4 is 10.5 Å². The Balaban J connectivity index is 3.00. The van der Waals surface area contributed by atoms with Crippen molar-refractivity contribution in [1.29, 1.82) is 0 Å². The maximum Gasteiger partial charge on any atom is 0.345 e. The van der Waals surface area contributed by atoms with E-state index in [9.17, 15) is 4.79 Å². The van der Waals surface area contributed by atoms with E-state index >= 15 is 0 Å². The molecule has 1 aromatic heterocycles. The fourth-order valence-corrected chi connectivity index (χ4v) is 1.10. The number of rotatable bonds is 3. The average molecular weight is 239 g/mol. The topological polar surface area (TPSA) is 87.3 Å². The number of carbonyl (C=O) groups is 1. The second kappa shape index (κ2) is 4.99. The van der Waals surface area contributed by atoms with Crippen LogP contribution >= 0.6 is 0 Å². The Labute approximate surface area is 100 Å². The maximum atomic E-state index is 11.8. The smallest absolute Gasteiger partial charge is 0.345 e. The van der Waals surface area contributed by atoms with Gasteiger partial charge in [-0.1, -0.05) is 0 Å². The number of ether oxygens (including phenoxy) is 2. The second-order valence-corrected chi connectivity index (χ2v) is 4.38. The molecular formula is C11H17N3O3. The van der Waals surface area contributed by atoms with Gasteiger partial charge >= 0.3 is 5.97 Å². The standard InChI is InChI=1S/C11H17N3O3/c1-5-16-8-7(6-13-10(12)14-8)9(15)17-11(2,3)4/h6H,5H2,1-4H3,(H2,12,13,14). The zero-order chi connectivity index (χ0) is 13.1. The minimum absolute atomic E-state index is 0.0563. The van der Waals surface area contributed by atoms with Crippen molar-refractivity contribution < 1.29 is 14.3 Å². The molecule has 0 aromatic carbocycles. The molecule has 0 aliphatic carbocycles. The molecule has 0 saturated carbocycles. The molecule has 1 aromatic rings. The molecule has 6 nitrogen and oxygen atoms in total. The van der Waals surface area contributed by atoms with E-state index in [2.05, 4.69) is 9.97 Å². The minimum Gasteiger partial charge on any atom is -0.477 e. The SMILES string of the molecule is CCOc1nc(N)ncc1C(=O)OC(C)(C)C. The maximum absolute atomic E-state index is 11.8. The van der Waals surface area contributed by atoms with Gasteiger partial charge in [0.05, 0.1) is 12.8 Å². The summed E-state index contributed by atoms with van der Waals surface area (Å²) in [6.45, 7) is 7.51. The van der Waals surface area contributed by atoms with Crippen LogP contribution in [0, 0.1) is 0 Å². The second-order valence-electron chi connectivity index (χ2n) is 4.38. The number of hydrogen-bond donors (Lipinski definition) is 1. The van der Waals surface area contributed by atoms with E-state index in [1.54, 1.807) is 27.7 Å². The zero-order valence-electron chi connectivity index (χ0n) is 10.5. The van der Waals surface area contributed by atoms with Crippen LogP contribution in [0.4, 0.5) is 5.95 Å². The molecule has 0 saturated heterocycles. The lowest BCUT2D eigenvalue weighted by Gasteiger charge is -2.19. The summed E-state index contributed by atoms with van der Waals surface area (Å²) in [4.78, 5) is 19.5. The molecule has 0 bridgehead atoms. The number of nitrogens with zero attached hydrogens (tertiary/aromatic N) is 2. The summed E-state index contributed by atoms with van der Waals surface area (Å²) < 4.78 is 10.4. The number of aromatic nitrogens is 2. The van der Waals surface area contributed by atoms with Gasteiger partial charge in [-0.2, -0.15) is 4.98 Å². The minimum atomic E-state index is -0.581. The molecule has 0 radical (unpaired) electrons. The fraction of sp³-hybridized carbons (Fsp3) is 0.545. The van der Waals surface area contributed by atoms with Gasteiger partial charge in [0.15, 0.2) is 0 Å². The largest absolute Gasteiger partial charge is 0.477 e. The number of esters is 1. The number of hydrogen-bond acceptors (Lipinski definition) is 6. The first kappa shape index (κ1) is 13.2. The Morgan fingerprint density at radius 3 is 2.65 bits per heavy atom. The molecule has 0 unspecified atom stereocenters. The number of anilines is 1. The molecule has 0 fully saturated rings. The summed E-state index contributed by atoms with van der Waals surface area (Å²) in [6, 6.07) is 0. The number of nitrogens with two attached hydrogens (primary N) is 1. The van der Waals surface area contributed by atoms with Gasteiger partial charge in [0.1, 0.15) is 11.2 Å². The Hall–Kier alpha value is -1.85. The monoisotopic (exact) mass is 239 g/mol. The van der Waals surface area contributed by atoms with Gasteiger partial charge in [0.25, 0.3) is 0 Å². The van der Waals surface area contributed by atoms with E-state index in [4.69, 9.17) is 15.2 Å². The summed E-state index contributed by atoms with van der Waals surface area (Å²) in [7, 11) is 0. The van der Waals surface area contributed by atoms with E-state index in [1.807, 2.05) is 0 Å². The normalized spacial score (nSPS) is 11.1. The molecule has 6 heteroatoms. The molecule has 2 N–H and O–H groups in total. The van der Waals surface area contributed by atoms with Gasteiger partial charge in [-0.25, -0.2) is 9.78 Å². The first-order valence-electron chi connectivity index (χ1n) is 5.32. The van der Waals surface area contributed by atoms with Crippen LogP contribution in [-0.4, -0.2) is 28.1 Å². The molecule has 0 atom stereocenters. The van der Waals surface area contributed by atoms with Crippen LogP contribution in [0.15, 0.2) is 6.20 Å². The predicted octanol–water partition coefficient (Wildman–Crippen LogP) is 1.41. The average Bonchev–Trinajstić information content (AvgIpc) is 2.15. The van der Waals surface area contributed by atoms with E-state index in [0.717, 1.165) is 0 Å². The van der Waals surface area contributed by atoms with E-state index in [0.29, 0.717) is 6.61 Å². The molecule has 94 valence electrons. The predicted molar refractivity (Wildman–Crippen MR) is 62.8 cm³/mol.